The normalized spacial score (nSPS) is 22.1. The van der Waals surface area contributed by atoms with E-state index in [1.165, 1.54) is 19.3 Å². The number of rotatable bonds is 6. The quantitative estimate of drug-likeness (QED) is 0.853. The standard InChI is InChI=1S/C18H28N4O2/c1-14-8-9-17(23)22(20-14)12-11-21-10-3-2-7-16(21)13-19-18(24)15-5-4-6-15/h8-9,15-16H,2-7,10-13H2,1H3,(H,19,24). The highest BCUT2D eigenvalue weighted by Crippen LogP contribution is 2.26. The first-order valence-electron chi connectivity index (χ1n) is 9.20. The predicted octanol–water partition coefficient (Wildman–Crippen LogP) is 1.32. The first-order valence-corrected chi connectivity index (χ1v) is 9.20. The Morgan fingerprint density at radius 2 is 2.04 bits per heavy atom. The molecule has 1 amide bonds. The molecule has 1 unspecified atom stereocenters. The monoisotopic (exact) mass is 332 g/mol. The number of amides is 1. The van der Waals surface area contributed by atoms with Crippen LogP contribution in [0, 0.1) is 12.8 Å². The lowest BCUT2D eigenvalue weighted by atomic mass is 9.85. The first-order chi connectivity index (χ1) is 11.6. The summed E-state index contributed by atoms with van der Waals surface area (Å²) in [6.45, 7) is 5.07. The number of likely N-dealkylation sites (tertiary alicyclic amines) is 1. The molecule has 2 fully saturated rings. The molecule has 1 N–H and O–H groups in total. The Kier molecular flexibility index (Phi) is 5.66. The molecule has 6 heteroatoms. The SMILES string of the molecule is Cc1ccc(=O)n(CCN2CCCCC2CNC(=O)C2CCC2)n1. The van der Waals surface area contributed by atoms with Gasteiger partial charge in [0, 0.05) is 31.1 Å². The van der Waals surface area contributed by atoms with Crippen molar-refractivity contribution >= 4 is 5.91 Å². The maximum atomic E-state index is 12.1. The van der Waals surface area contributed by atoms with Crippen LogP contribution in [0.15, 0.2) is 16.9 Å². The van der Waals surface area contributed by atoms with Crippen LogP contribution in [0.4, 0.5) is 0 Å². The third-order valence-corrected chi connectivity index (χ3v) is 5.34. The largest absolute Gasteiger partial charge is 0.354 e. The zero-order valence-electron chi connectivity index (χ0n) is 14.5. The van der Waals surface area contributed by atoms with E-state index in [0.717, 1.165) is 44.6 Å². The zero-order valence-corrected chi connectivity index (χ0v) is 14.5. The van der Waals surface area contributed by atoms with E-state index in [1.807, 2.05) is 6.92 Å². The predicted molar refractivity (Wildman–Crippen MR) is 92.8 cm³/mol. The summed E-state index contributed by atoms with van der Waals surface area (Å²) in [7, 11) is 0. The average molecular weight is 332 g/mol. The fraction of sp³-hybridized carbons (Fsp3) is 0.722. The number of carbonyl (C=O) groups is 1. The maximum absolute atomic E-state index is 12.1. The molecule has 1 atom stereocenters. The van der Waals surface area contributed by atoms with Crippen molar-refractivity contribution in [3.63, 3.8) is 0 Å². The second kappa shape index (κ2) is 7.92. The molecule has 6 nitrogen and oxygen atoms in total. The van der Waals surface area contributed by atoms with Gasteiger partial charge in [0.15, 0.2) is 0 Å². The number of nitrogens with one attached hydrogen (secondary N) is 1. The molecule has 0 bridgehead atoms. The molecular weight excluding hydrogens is 304 g/mol. The third-order valence-electron chi connectivity index (χ3n) is 5.34. The van der Waals surface area contributed by atoms with Crippen molar-refractivity contribution in [3.8, 4) is 0 Å². The summed E-state index contributed by atoms with van der Waals surface area (Å²) in [4.78, 5) is 26.3. The van der Waals surface area contributed by atoms with Crippen LogP contribution in [0.3, 0.4) is 0 Å². The van der Waals surface area contributed by atoms with Crippen molar-refractivity contribution in [2.45, 2.75) is 58.0 Å². The van der Waals surface area contributed by atoms with Gasteiger partial charge >= 0.3 is 0 Å². The summed E-state index contributed by atoms with van der Waals surface area (Å²) in [5.41, 5.74) is 0.810. The van der Waals surface area contributed by atoms with Gasteiger partial charge in [-0.1, -0.05) is 12.8 Å². The van der Waals surface area contributed by atoms with E-state index >= 15 is 0 Å². The third kappa shape index (κ3) is 4.23. The lowest BCUT2D eigenvalue weighted by Crippen LogP contribution is -2.49. The highest BCUT2D eigenvalue weighted by molar-refractivity contribution is 5.79. The lowest BCUT2D eigenvalue weighted by molar-refractivity contribution is -0.127. The second-order valence-corrected chi connectivity index (χ2v) is 7.09. The van der Waals surface area contributed by atoms with Crippen LogP contribution in [0.2, 0.25) is 0 Å². The maximum Gasteiger partial charge on any atom is 0.266 e. The van der Waals surface area contributed by atoms with E-state index in [4.69, 9.17) is 0 Å². The van der Waals surface area contributed by atoms with Crippen LogP contribution in [0.1, 0.15) is 44.2 Å². The topological polar surface area (TPSA) is 67.2 Å². The second-order valence-electron chi connectivity index (χ2n) is 7.09. The van der Waals surface area contributed by atoms with E-state index in [2.05, 4.69) is 15.3 Å². The average Bonchev–Trinajstić information content (AvgIpc) is 2.53. The number of piperidine rings is 1. The van der Waals surface area contributed by atoms with Crippen LogP contribution in [-0.2, 0) is 11.3 Å². The molecule has 2 aliphatic rings. The smallest absolute Gasteiger partial charge is 0.266 e. The van der Waals surface area contributed by atoms with Gasteiger partial charge in [-0.15, -0.1) is 0 Å². The Balaban J connectivity index is 1.52. The van der Waals surface area contributed by atoms with E-state index in [0.29, 0.717) is 12.6 Å². The van der Waals surface area contributed by atoms with Gasteiger partial charge in [0.25, 0.3) is 5.56 Å². The van der Waals surface area contributed by atoms with Crippen molar-refractivity contribution in [3.05, 3.63) is 28.2 Å². The first kappa shape index (κ1) is 17.1. The Bertz CT molecular complexity index is 624. The minimum atomic E-state index is -0.0487. The van der Waals surface area contributed by atoms with Gasteiger partial charge in [-0.25, -0.2) is 4.68 Å². The summed E-state index contributed by atoms with van der Waals surface area (Å²) in [6.07, 6.45) is 6.78. The summed E-state index contributed by atoms with van der Waals surface area (Å²) in [5.74, 6) is 0.473. The van der Waals surface area contributed by atoms with Crippen molar-refractivity contribution < 1.29 is 4.79 Å². The van der Waals surface area contributed by atoms with Gasteiger partial charge in [0.2, 0.25) is 5.91 Å². The summed E-state index contributed by atoms with van der Waals surface area (Å²) >= 11 is 0. The molecular formula is C18H28N4O2. The van der Waals surface area contributed by atoms with Crippen LogP contribution in [0.25, 0.3) is 0 Å². The summed E-state index contributed by atoms with van der Waals surface area (Å²) in [5, 5.41) is 7.44. The Morgan fingerprint density at radius 3 is 2.79 bits per heavy atom. The van der Waals surface area contributed by atoms with Crippen molar-refractivity contribution in [1.82, 2.24) is 20.0 Å². The summed E-state index contributed by atoms with van der Waals surface area (Å²) < 4.78 is 1.55. The highest BCUT2D eigenvalue weighted by atomic mass is 16.2. The number of hydrogen-bond donors (Lipinski definition) is 1. The van der Waals surface area contributed by atoms with Crippen LogP contribution < -0.4 is 10.9 Å². The van der Waals surface area contributed by atoms with Gasteiger partial charge in [0.05, 0.1) is 12.2 Å². The van der Waals surface area contributed by atoms with Gasteiger partial charge in [-0.2, -0.15) is 5.10 Å². The minimum absolute atomic E-state index is 0.0487. The number of carbonyl (C=O) groups excluding carboxylic acids is 1. The fourth-order valence-electron chi connectivity index (χ4n) is 3.55. The van der Waals surface area contributed by atoms with E-state index in [-0.39, 0.29) is 17.4 Å². The number of nitrogens with zero attached hydrogens (tertiary/aromatic N) is 3. The van der Waals surface area contributed by atoms with E-state index in [1.54, 1.807) is 16.8 Å². The van der Waals surface area contributed by atoms with Gasteiger partial charge < -0.3 is 5.32 Å². The van der Waals surface area contributed by atoms with E-state index in [9.17, 15) is 9.59 Å². The van der Waals surface area contributed by atoms with Gasteiger partial charge in [0.1, 0.15) is 0 Å². The molecule has 0 spiro atoms. The molecule has 24 heavy (non-hydrogen) atoms. The van der Waals surface area contributed by atoms with E-state index < -0.39 is 0 Å². The Labute approximate surface area is 143 Å². The van der Waals surface area contributed by atoms with Crippen molar-refractivity contribution in [2.75, 3.05) is 19.6 Å². The van der Waals surface area contributed by atoms with Crippen LogP contribution >= 0.6 is 0 Å². The van der Waals surface area contributed by atoms with Crippen molar-refractivity contribution in [2.24, 2.45) is 5.92 Å². The summed E-state index contributed by atoms with van der Waals surface area (Å²) in [6, 6.07) is 3.70. The molecule has 2 heterocycles. The number of aromatic nitrogens is 2. The van der Waals surface area contributed by atoms with Crippen LogP contribution in [-0.4, -0.2) is 46.3 Å². The van der Waals surface area contributed by atoms with Gasteiger partial charge in [-0.05, 0) is 45.2 Å². The molecule has 1 aromatic heterocycles. The molecule has 1 aliphatic heterocycles. The molecule has 0 radical (unpaired) electrons. The molecule has 0 aromatic carbocycles. The lowest BCUT2D eigenvalue weighted by Gasteiger charge is -2.36. The van der Waals surface area contributed by atoms with Crippen molar-refractivity contribution in [1.29, 1.82) is 0 Å². The molecule has 1 aliphatic carbocycles. The molecule has 1 saturated carbocycles. The highest BCUT2D eigenvalue weighted by Gasteiger charge is 2.27. The minimum Gasteiger partial charge on any atom is -0.354 e. The number of aryl methyl sites for hydroxylation is 1. The van der Waals surface area contributed by atoms with Crippen LogP contribution in [0.5, 0.6) is 0 Å². The van der Waals surface area contributed by atoms with Gasteiger partial charge in [-0.3, -0.25) is 14.5 Å². The zero-order chi connectivity index (χ0) is 16.9. The molecule has 3 rings (SSSR count). The molecule has 1 aromatic rings. The fourth-order valence-corrected chi connectivity index (χ4v) is 3.55. The Morgan fingerprint density at radius 1 is 1.21 bits per heavy atom. The number of hydrogen-bond acceptors (Lipinski definition) is 4. The molecule has 1 saturated heterocycles. The molecule has 132 valence electrons. The Hall–Kier alpha value is -1.69.